The third-order valence-corrected chi connectivity index (χ3v) is 5.64. The number of nitrogens with two attached hydrogens (primary N) is 3. The van der Waals surface area contributed by atoms with Gasteiger partial charge >= 0.3 is 17.9 Å². The molecule has 3 amide bonds. The van der Waals surface area contributed by atoms with E-state index < -0.39 is 72.1 Å². The van der Waals surface area contributed by atoms with Crippen LogP contribution >= 0.6 is 0 Å². The van der Waals surface area contributed by atoms with Gasteiger partial charge < -0.3 is 48.5 Å². The van der Waals surface area contributed by atoms with Crippen LogP contribution in [-0.2, 0) is 28.8 Å². The third kappa shape index (κ3) is 14.0. The van der Waals surface area contributed by atoms with Crippen LogP contribution in [0.25, 0.3) is 0 Å². The van der Waals surface area contributed by atoms with E-state index in [1.165, 1.54) is 0 Å². The Bertz CT molecular complexity index is 877. The van der Waals surface area contributed by atoms with Crippen LogP contribution in [0.15, 0.2) is 4.99 Å². The lowest BCUT2D eigenvalue weighted by molar-refractivity contribution is -0.143. The average Bonchev–Trinajstić information content (AvgIpc) is 2.83. The van der Waals surface area contributed by atoms with Gasteiger partial charge in [0.1, 0.15) is 18.1 Å². The summed E-state index contributed by atoms with van der Waals surface area (Å²) in [4.78, 5) is 75.6. The molecule has 0 fully saturated rings. The minimum Gasteiger partial charge on any atom is -0.481 e. The number of carboxylic acid groups (broad SMARTS) is 3. The van der Waals surface area contributed by atoms with Crippen molar-refractivity contribution in [1.82, 2.24) is 16.0 Å². The van der Waals surface area contributed by atoms with Crippen LogP contribution in [0.5, 0.6) is 0 Å². The highest BCUT2D eigenvalue weighted by Crippen LogP contribution is 2.11. The van der Waals surface area contributed by atoms with Crippen molar-refractivity contribution in [2.24, 2.45) is 28.1 Å². The Morgan fingerprint density at radius 1 is 0.789 bits per heavy atom. The number of amides is 3. The van der Waals surface area contributed by atoms with E-state index in [4.69, 9.17) is 27.4 Å². The Morgan fingerprint density at radius 2 is 1.34 bits per heavy atom. The number of guanidine groups is 1. The van der Waals surface area contributed by atoms with Crippen molar-refractivity contribution < 1.29 is 44.1 Å². The maximum Gasteiger partial charge on any atom is 0.326 e. The van der Waals surface area contributed by atoms with E-state index in [2.05, 4.69) is 20.9 Å². The molecule has 0 aliphatic rings. The molecule has 16 nitrogen and oxygen atoms in total. The molecule has 5 unspecified atom stereocenters. The lowest BCUT2D eigenvalue weighted by Crippen LogP contribution is -2.58. The van der Waals surface area contributed by atoms with Crippen LogP contribution in [0.1, 0.15) is 58.8 Å². The van der Waals surface area contributed by atoms with Gasteiger partial charge in [0, 0.05) is 19.4 Å². The molecule has 0 aliphatic carbocycles. The molecular weight excluding hydrogens is 506 g/mol. The molecular formula is C22H39N7O9. The Hall–Kier alpha value is -3.95. The van der Waals surface area contributed by atoms with Gasteiger partial charge in [-0.1, -0.05) is 20.3 Å². The molecule has 216 valence electrons. The van der Waals surface area contributed by atoms with Crippen molar-refractivity contribution in [1.29, 1.82) is 0 Å². The van der Waals surface area contributed by atoms with Crippen LogP contribution in [0.3, 0.4) is 0 Å². The Labute approximate surface area is 219 Å². The van der Waals surface area contributed by atoms with Crippen molar-refractivity contribution in [3.05, 3.63) is 0 Å². The summed E-state index contributed by atoms with van der Waals surface area (Å²) in [6, 6.07) is -5.18. The minimum atomic E-state index is -1.43. The predicted molar refractivity (Wildman–Crippen MR) is 135 cm³/mol. The van der Waals surface area contributed by atoms with Crippen LogP contribution in [0, 0.1) is 5.92 Å². The minimum absolute atomic E-state index is 0.0444. The predicted octanol–water partition coefficient (Wildman–Crippen LogP) is -2.32. The first-order chi connectivity index (χ1) is 17.7. The quantitative estimate of drug-likeness (QED) is 0.0469. The van der Waals surface area contributed by atoms with Crippen molar-refractivity contribution in [3.8, 4) is 0 Å². The fourth-order valence-corrected chi connectivity index (χ4v) is 3.20. The third-order valence-electron chi connectivity index (χ3n) is 5.64. The van der Waals surface area contributed by atoms with E-state index in [-0.39, 0.29) is 44.6 Å². The maximum absolute atomic E-state index is 13.1. The Kier molecular flexibility index (Phi) is 15.7. The summed E-state index contributed by atoms with van der Waals surface area (Å²) in [5.41, 5.74) is 16.2. The Morgan fingerprint density at radius 3 is 1.84 bits per heavy atom. The first kappa shape index (κ1) is 34.0. The van der Waals surface area contributed by atoms with Crippen molar-refractivity contribution >= 4 is 41.6 Å². The second kappa shape index (κ2) is 17.5. The van der Waals surface area contributed by atoms with Gasteiger partial charge in [-0.2, -0.15) is 0 Å². The highest BCUT2D eigenvalue weighted by Gasteiger charge is 2.32. The SMILES string of the molecule is CCC(C)C(NC(=O)C(N)CCC(=O)O)C(=O)NC(CCC(=O)O)C(=O)NC(CCCN=C(N)N)C(=O)O. The topological polar surface area (TPSA) is 290 Å². The van der Waals surface area contributed by atoms with E-state index in [1.54, 1.807) is 13.8 Å². The number of carbonyl (C=O) groups excluding carboxylic acids is 3. The number of nitrogens with zero attached hydrogens (tertiary/aromatic N) is 1. The molecule has 0 aromatic carbocycles. The normalized spacial score (nSPS) is 14.6. The number of nitrogens with one attached hydrogen (secondary N) is 3. The number of hydrogen-bond acceptors (Lipinski definition) is 8. The van der Waals surface area contributed by atoms with Crippen molar-refractivity contribution in [2.45, 2.75) is 83.0 Å². The van der Waals surface area contributed by atoms with Gasteiger partial charge in [-0.05, 0) is 31.6 Å². The van der Waals surface area contributed by atoms with Gasteiger partial charge in [-0.15, -0.1) is 0 Å². The lowest BCUT2D eigenvalue weighted by Gasteiger charge is -2.28. The van der Waals surface area contributed by atoms with Gasteiger partial charge in [-0.25, -0.2) is 4.79 Å². The van der Waals surface area contributed by atoms with Gasteiger partial charge in [-0.3, -0.25) is 29.0 Å². The second-order valence-corrected chi connectivity index (χ2v) is 8.75. The Balaban J connectivity index is 5.58. The highest BCUT2D eigenvalue weighted by atomic mass is 16.4. The molecule has 0 spiro atoms. The largest absolute Gasteiger partial charge is 0.481 e. The molecule has 0 saturated carbocycles. The molecule has 0 aromatic rings. The first-order valence-electron chi connectivity index (χ1n) is 12.1. The molecule has 0 bridgehead atoms. The van der Waals surface area contributed by atoms with Crippen molar-refractivity contribution in [2.75, 3.05) is 6.54 Å². The summed E-state index contributed by atoms with van der Waals surface area (Å²) < 4.78 is 0. The molecule has 0 radical (unpaired) electrons. The first-order valence-corrected chi connectivity index (χ1v) is 12.1. The molecule has 38 heavy (non-hydrogen) atoms. The number of carbonyl (C=O) groups is 6. The summed E-state index contributed by atoms with van der Waals surface area (Å²) in [6.07, 6.45) is -0.801. The van der Waals surface area contributed by atoms with Crippen LogP contribution in [0.2, 0.25) is 0 Å². The molecule has 0 aliphatic heterocycles. The fourth-order valence-electron chi connectivity index (χ4n) is 3.20. The summed E-state index contributed by atoms with van der Waals surface area (Å²) >= 11 is 0. The molecule has 0 rings (SSSR count). The van der Waals surface area contributed by atoms with E-state index in [1.807, 2.05) is 0 Å². The molecule has 12 N–H and O–H groups in total. The lowest BCUT2D eigenvalue weighted by atomic mass is 9.96. The molecule has 0 saturated heterocycles. The van der Waals surface area contributed by atoms with Gasteiger partial charge in [0.15, 0.2) is 5.96 Å². The van der Waals surface area contributed by atoms with Gasteiger partial charge in [0.25, 0.3) is 0 Å². The monoisotopic (exact) mass is 545 g/mol. The molecule has 5 atom stereocenters. The van der Waals surface area contributed by atoms with E-state index in [0.29, 0.717) is 6.42 Å². The van der Waals surface area contributed by atoms with Gasteiger partial charge in [0.05, 0.1) is 6.04 Å². The zero-order valence-electron chi connectivity index (χ0n) is 21.5. The summed E-state index contributed by atoms with van der Waals surface area (Å²) in [7, 11) is 0. The number of rotatable bonds is 19. The average molecular weight is 546 g/mol. The second-order valence-electron chi connectivity index (χ2n) is 8.75. The number of aliphatic imine (C=N–C) groups is 1. The molecule has 16 heteroatoms. The highest BCUT2D eigenvalue weighted by molar-refractivity contribution is 5.94. The van der Waals surface area contributed by atoms with Gasteiger partial charge in [0.2, 0.25) is 17.7 Å². The maximum atomic E-state index is 13.1. The van der Waals surface area contributed by atoms with Crippen molar-refractivity contribution in [3.63, 3.8) is 0 Å². The number of aliphatic carboxylic acids is 3. The molecule has 0 heterocycles. The summed E-state index contributed by atoms with van der Waals surface area (Å²) in [5, 5.41) is 34.4. The van der Waals surface area contributed by atoms with E-state index >= 15 is 0 Å². The summed E-state index contributed by atoms with van der Waals surface area (Å²) in [6.45, 7) is 3.51. The van der Waals surface area contributed by atoms with E-state index in [0.717, 1.165) is 0 Å². The summed E-state index contributed by atoms with van der Waals surface area (Å²) in [5.74, 6) is -6.90. The van der Waals surface area contributed by atoms with Crippen LogP contribution in [-0.4, -0.2) is 87.6 Å². The zero-order valence-corrected chi connectivity index (χ0v) is 21.5. The number of hydrogen-bond donors (Lipinski definition) is 9. The standard InChI is InChI=1S/C22H39N7O9/c1-3-11(2)17(29-18(34)12(23)6-8-15(30)31)20(36)27-13(7-9-16(32)33)19(35)28-14(21(37)38)5-4-10-26-22(24)25/h11-14,17H,3-10,23H2,1-2H3,(H,27,36)(H,28,35)(H,29,34)(H,30,31)(H,32,33)(H,37,38)(H4,24,25,26). The fraction of sp³-hybridized carbons (Fsp3) is 0.682. The zero-order chi connectivity index (χ0) is 29.4. The smallest absolute Gasteiger partial charge is 0.326 e. The molecule has 0 aromatic heterocycles. The number of carboxylic acids is 3. The van der Waals surface area contributed by atoms with Crippen LogP contribution in [0.4, 0.5) is 0 Å². The van der Waals surface area contributed by atoms with Crippen LogP contribution < -0.4 is 33.2 Å². The van der Waals surface area contributed by atoms with E-state index in [9.17, 15) is 33.9 Å².